The van der Waals surface area contributed by atoms with Crippen molar-refractivity contribution in [3.8, 4) is 11.1 Å². The minimum Gasteiger partial charge on any atom is -0.300 e. The van der Waals surface area contributed by atoms with E-state index in [1.165, 1.54) is 5.56 Å². The first-order valence-corrected chi connectivity index (χ1v) is 4.65. The molecule has 69 valence electrons. The van der Waals surface area contributed by atoms with Gasteiger partial charge in [0, 0.05) is 5.56 Å². The number of aryl methyl sites for hydroxylation is 1. The Balaban J connectivity index is 2.55. The Morgan fingerprint density at radius 1 is 0.929 bits per heavy atom. The molecule has 14 heavy (non-hydrogen) atoms. The topological polar surface area (TPSA) is 23.8 Å². The van der Waals surface area contributed by atoms with Gasteiger partial charge in [0.05, 0.1) is 5.69 Å². The van der Waals surface area contributed by atoms with Gasteiger partial charge in [-0.05, 0) is 18.6 Å². The zero-order chi connectivity index (χ0) is 9.97. The van der Waals surface area contributed by atoms with Crippen LogP contribution in [-0.2, 0) is 0 Å². The van der Waals surface area contributed by atoms with Crippen molar-refractivity contribution in [1.29, 1.82) is 0 Å². The largest absolute Gasteiger partial charge is 0.300 e. The summed E-state index contributed by atoms with van der Waals surface area (Å²) in [6.07, 6.45) is 0. The zero-order valence-corrected chi connectivity index (χ0v) is 8.12. The Labute approximate surface area is 84.2 Å². The second-order valence-corrected chi connectivity index (χ2v) is 3.42. The van der Waals surface area contributed by atoms with Gasteiger partial charge in [0.1, 0.15) is 0 Å². The van der Waals surface area contributed by atoms with Crippen LogP contribution in [0.2, 0.25) is 0 Å². The van der Waals surface area contributed by atoms with Crippen LogP contribution in [0.5, 0.6) is 0 Å². The van der Waals surface area contributed by atoms with Gasteiger partial charge in [-0.25, -0.2) is 0 Å². The summed E-state index contributed by atoms with van der Waals surface area (Å²) < 4.78 is 0. The van der Waals surface area contributed by atoms with Gasteiger partial charge in [0.15, 0.2) is 0 Å². The SMILES string of the molecule is Cc1cccc(-c2ccccc2[NH])c1. The van der Waals surface area contributed by atoms with Crippen molar-refractivity contribution in [3.63, 3.8) is 0 Å². The van der Waals surface area contributed by atoms with Gasteiger partial charge < -0.3 is 5.73 Å². The minimum absolute atomic E-state index is 0.582. The van der Waals surface area contributed by atoms with Crippen LogP contribution in [0.4, 0.5) is 5.69 Å². The highest BCUT2D eigenvalue weighted by atomic mass is 14.6. The third-order valence-electron chi connectivity index (χ3n) is 2.26. The summed E-state index contributed by atoms with van der Waals surface area (Å²) in [5.41, 5.74) is 11.7. The van der Waals surface area contributed by atoms with Crippen LogP contribution >= 0.6 is 0 Å². The molecule has 0 spiro atoms. The molecule has 2 rings (SSSR count). The number of nitrogens with one attached hydrogen (secondary N) is 1. The zero-order valence-electron chi connectivity index (χ0n) is 8.12. The molecule has 0 atom stereocenters. The predicted octanol–water partition coefficient (Wildman–Crippen LogP) is 3.58. The Kier molecular flexibility index (Phi) is 2.23. The first-order chi connectivity index (χ1) is 6.77. The molecule has 0 amide bonds. The molecule has 1 heteroatoms. The molecule has 0 unspecified atom stereocenters. The molecular weight excluding hydrogens is 170 g/mol. The van der Waals surface area contributed by atoms with Crippen LogP contribution in [-0.4, -0.2) is 0 Å². The van der Waals surface area contributed by atoms with Crippen molar-refractivity contribution in [2.75, 3.05) is 0 Å². The molecule has 0 fully saturated rings. The summed E-state index contributed by atoms with van der Waals surface area (Å²) in [5, 5.41) is 0. The Morgan fingerprint density at radius 3 is 2.43 bits per heavy atom. The lowest BCUT2D eigenvalue weighted by Gasteiger charge is -2.04. The fourth-order valence-electron chi connectivity index (χ4n) is 1.55. The fourth-order valence-corrected chi connectivity index (χ4v) is 1.55. The second kappa shape index (κ2) is 3.54. The number of rotatable bonds is 1. The summed E-state index contributed by atoms with van der Waals surface area (Å²) in [5.74, 6) is 0. The van der Waals surface area contributed by atoms with Crippen LogP contribution in [0.1, 0.15) is 5.56 Å². The molecule has 0 aliphatic rings. The maximum absolute atomic E-state index is 7.78. The monoisotopic (exact) mass is 182 g/mol. The van der Waals surface area contributed by atoms with Gasteiger partial charge in [0.2, 0.25) is 0 Å². The molecule has 0 bridgehead atoms. The third kappa shape index (κ3) is 1.62. The average molecular weight is 182 g/mol. The highest BCUT2D eigenvalue weighted by Gasteiger charge is 2.00. The molecule has 0 heterocycles. The molecule has 2 aromatic carbocycles. The van der Waals surface area contributed by atoms with Gasteiger partial charge in [-0.1, -0.05) is 48.0 Å². The molecule has 0 aliphatic heterocycles. The maximum Gasteiger partial charge on any atom is 0.0618 e. The molecule has 1 nitrogen and oxygen atoms in total. The first-order valence-electron chi connectivity index (χ1n) is 4.65. The standard InChI is InChI=1S/C13H12N/c1-10-5-4-6-11(9-10)12-7-2-3-8-13(12)14/h2-9,14H,1H3. The molecular formula is C13H12N. The van der Waals surface area contributed by atoms with Crippen molar-refractivity contribution in [2.24, 2.45) is 0 Å². The Morgan fingerprint density at radius 2 is 1.71 bits per heavy atom. The molecule has 1 radical (unpaired) electrons. The summed E-state index contributed by atoms with van der Waals surface area (Å²) in [6, 6.07) is 15.9. The minimum atomic E-state index is 0.582. The van der Waals surface area contributed by atoms with E-state index in [9.17, 15) is 0 Å². The summed E-state index contributed by atoms with van der Waals surface area (Å²) in [7, 11) is 0. The molecule has 1 N–H and O–H groups in total. The quantitative estimate of drug-likeness (QED) is 0.643. The number of benzene rings is 2. The van der Waals surface area contributed by atoms with Crippen molar-refractivity contribution in [1.82, 2.24) is 5.73 Å². The van der Waals surface area contributed by atoms with E-state index in [1.54, 1.807) is 0 Å². The third-order valence-corrected chi connectivity index (χ3v) is 2.26. The maximum atomic E-state index is 7.78. The van der Waals surface area contributed by atoms with Crippen molar-refractivity contribution in [3.05, 3.63) is 54.1 Å². The highest BCUT2D eigenvalue weighted by Crippen LogP contribution is 2.26. The highest BCUT2D eigenvalue weighted by molar-refractivity contribution is 5.74. The lowest BCUT2D eigenvalue weighted by molar-refractivity contribution is 1.44. The van der Waals surface area contributed by atoms with Crippen LogP contribution in [0.15, 0.2) is 48.5 Å². The van der Waals surface area contributed by atoms with Gasteiger partial charge >= 0.3 is 0 Å². The second-order valence-electron chi connectivity index (χ2n) is 3.42. The van der Waals surface area contributed by atoms with Crippen molar-refractivity contribution < 1.29 is 0 Å². The lowest BCUT2D eigenvalue weighted by Crippen LogP contribution is -1.81. The average Bonchev–Trinajstić information content (AvgIpc) is 2.18. The van der Waals surface area contributed by atoms with Crippen LogP contribution in [0.3, 0.4) is 0 Å². The van der Waals surface area contributed by atoms with E-state index in [4.69, 9.17) is 5.73 Å². The smallest absolute Gasteiger partial charge is 0.0618 e. The fraction of sp³-hybridized carbons (Fsp3) is 0.0769. The predicted molar refractivity (Wildman–Crippen MR) is 59.4 cm³/mol. The first kappa shape index (κ1) is 8.82. The summed E-state index contributed by atoms with van der Waals surface area (Å²) in [4.78, 5) is 0. The molecule has 2 aromatic rings. The van der Waals surface area contributed by atoms with E-state index in [2.05, 4.69) is 19.1 Å². The van der Waals surface area contributed by atoms with Gasteiger partial charge in [-0.15, -0.1) is 0 Å². The summed E-state index contributed by atoms with van der Waals surface area (Å²) in [6.45, 7) is 2.07. The van der Waals surface area contributed by atoms with Crippen LogP contribution in [0, 0.1) is 6.92 Å². The molecule has 0 saturated heterocycles. The van der Waals surface area contributed by atoms with Gasteiger partial charge in [-0.3, -0.25) is 0 Å². The van der Waals surface area contributed by atoms with E-state index in [0.717, 1.165) is 11.1 Å². The van der Waals surface area contributed by atoms with E-state index in [1.807, 2.05) is 36.4 Å². The molecule has 0 aromatic heterocycles. The van der Waals surface area contributed by atoms with Gasteiger partial charge in [-0.2, -0.15) is 0 Å². The lowest BCUT2D eigenvalue weighted by atomic mass is 10.0. The number of hydrogen-bond acceptors (Lipinski definition) is 0. The van der Waals surface area contributed by atoms with E-state index < -0.39 is 0 Å². The van der Waals surface area contributed by atoms with Crippen molar-refractivity contribution >= 4 is 5.69 Å². The van der Waals surface area contributed by atoms with Crippen LogP contribution < -0.4 is 5.73 Å². The van der Waals surface area contributed by atoms with E-state index >= 15 is 0 Å². The normalized spacial score (nSPS) is 10.1. The number of hydrogen-bond donors (Lipinski definition) is 0. The Hall–Kier alpha value is -1.76. The van der Waals surface area contributed by atoms with E-state index in [0.29, 0.717) is 5.69 Å². The Bertz CT molecular complexity index is 446. The van der Waals surface area contributed by atoms with Crippen LogP contribution in [0.25, 0.3) is 11.1 Å². The summed E-state index contributed by atoms with van der Waals surface area (Å²) >= 11 is 0. The van der Waals surface area contributed by atoms with Crippen molar-refractivity contribution in [2.45, 2.75) is 6.92 Å². The molecule has 0 saturated carbocycles. The van der Waals surface area contributed by atoms with Gasteiger partial charge in [0.25, 0.3) is 0 Å². The van der Waals surface area contributed by atoms with E-state index in [-0.39, 0.29) is 0 Å². The molecule has 0 aliphatic carbocycles.